The second-order valence-electron chi connectivity index (χ2n) is 8.51. The molecule has 2 aromatic carbocycles. The normalized spacial score (nSPS) is 21.9. The Balaban J connectivity index is 1.44. The summed E-state index contributed by atoms with van der Waals surface area (Å²) in [5.41, 5.74) is 2.66. The molecule has 2 aliphatic heterocycles. The van der Waals surface area contributed by atoms with E-state index in [0.29, 0.717) is 24.4 Å². The molecule has 2 atom stereocenters. The Kier molecular flexibility index (Phi) is 6.56. The van der Waals surface area contributed by atoms with Crippen LogP contribution in [0.3, 0.4) is 0 Å². The number of benzene rings is 2. The molecule has 2 unspecified atom stereocenters. The fourth-order valence-corrected chi connectivity index (χ4v) is 4.86. The first kappa shape index (κ1) is 21.4. The first-order valence-corrected chi connectivity index (χ1v) is 11.1. The van der Waals surface area contributed by atoms with E-state index in [4.69, 9.17) is 4.74 Å². The molecule has 31 heavy (non-hydrogen) atoms. The Hall–Kier alpha value is -2.86. The van der Waals surface area contributed by atoms with Crippen LogP contribution in [-0.4, -0.2) is 50.5 Å². The fourth-order valence-electron chi connectivity index (χ4n) is 4.86. The van der Waals surface area contributed by atoms with Gasteiger partial charge in [-0.2, -0.15) is 0 Å². The van der Waals surface area contributed by atoms with Crippen LogP contribution in [0.2, 0.25) is 0 Å². The van der Waals surface area contributed by atoms with E-state index in [-0.39, 0.29) is 17.9 Å². The van der Waals surface area contributed by atoms with Crippen molar-refractivity contribution in [2.45, 2.75) is 31.7 Å². The first-order chi connectivity index (χ1) is 15.1. The summed E-state index contributed by atoms with van der Waals surface area (Å²) < 4.78 is 5.30. The maximum atomic E-state index is 12.9. The summed E-state index contributed by atoms with van der Waals surface area (Å²) in [5.74, 6) is 1.23. The average Bonchev–Trinajstić information content (AvgIpc) is 3.23. The van der Waals surface area contributed by atoms with Gasteiger partial charge in [0.05, 0.1) is 7.11 Å². The number of carbonyl (C=O) groups is 2. The molecule has 2 aromatic rings. The van der Waals surface area contributed by atoms with Crippen LogP contribution in [0.25, 0.3) is 0 Å². The highest BCUT2D eigenvalue weighted by molar-refractivity contribution is 5.99. The van der Waals surface area contributed by atoms with Crippen LogP contribution in [0.5, 0.6) is 5.75 Å². The Morgan fingerprint density at radius 3 is 2.65 bits per heavy atom. The number of nitrogens with zero attached hydrogens (tertiary/aromatic N) is 2. The number of rotatable bonds is 6. The van der Waals surface area contributed by atoms with Crippen molar-refractivity contribution in [3.05, 3.63) is 59.7 Å². The van der Waals surface area contributed by atoms with Crippen LogP contribution in [0, 0.1) is 5.92 Å². The number of likely N-dealkylation sites (tertiary alicyclic amines) is 1. The number of piperidine rings is 1. The zero-order chi connectivity index (χ0) is 21.8. The van der Waals surface area contributed by atoms with E-state index in [9.17, 15) is 9.59 Å². The molecule has 1 N–H and O–H groups in total. The van der Waals surface area contributed by atoms with Gasteiger partial charge in [0.25, 0.3) is 5.91 Å². The van der Waals surface area contributed by atoms with E-state index in [1.807, 2.05) is 36.4 Å². The van der Waals surface area contributed by atoms with Gasteiger partial charge >= 0.3 is 0 Å². The Labute approximate surface area is 184 Å². The molecule has 2 aliphatic rings. The van der Waals surface area contributed by atoms with Gasteiger partial charge in [-0.3, -0.25) is 14.5 Å². The third-order valence-electron chi connectivity index (χ3n) is 6.48. The summed E-state index contributed by atoms with van der Waals surface area (Å²) in [6.45, 7) is 2.39. The lowest BCUT2D eigenvalue weighted by molar-refractivity contribution is -0.117. The number of nitrogens with one attached hydrogen (secondary N) is 1. The van der Waals surface area contributed by atoms with E-state index < -0.39 is 0 Å². The van der Waals surface area contributed by atoms with E-state index in [1.165, 1.54) is 5.56 Å². The molecule has 2 saturated heterocycles. The van der Waals surface area contributed by atoms with Gasteiger partial charge in [0.2, 0.25) is 5.91 Å². The number of carbonyl (C=O) groups excluding carboxylic acids is 2. The highest BCUT2D eigenvalue weighted by atomic mass is 16.5. The van der Waals surface area contributed by atoms with Gasteiger partial charge in [-0.25, -0.2) is 0 Å². The smallest absolute Gasteiger partial charge is 0.251 e. The molecule has 0 spiro atoms. The Morgan fingerprint density at radius 1 is 1.13 bits per heavy atom. The second kappa shape index (κ2) is 9.52. The molecule has 2 amide bonds. The maximum absolute atomic E-state index is 12.9. The second-order valence-corrected chi connectivity index (χ2v) is 8.51. The van der Waals surface area contributed by atoms with Crippen molar-refractivity contribution in [3.63, 3.8) is 0 Å². The van der Waals surface area contributed by atoms with Gasteiger partial charge in [-0.05, 0) is 74.7 Å². The molecule has 0 saturated carbocycles. The van der Waals surface area contributed by atoms with Gasteiger partial charge in [0, 0.05) is 36.8 Å². The molecule has 164 valence electrons. The average molecular weight is 422 g/mol. The standard InChI is InChI=1S/C25H31N3O3/c1-27-14-4-7-20(24(27)18-10-12-22(31-2)13-11-18)17-26-25(30)19-6-3-8-21(16-19)28-15-5-9-23(28)29/h3,6,8,10-13,16,20,24H,4-5,7,9,14-15,17H2,1-2H3,(H,26,30). The predicted octanol–water partition coefficient (Wildman–Crippen LogP) is 3.63. The number of methoxy groups -OCH3 is 1. The van der Waals surface area contributed by atoms with Crippen LogP contribution < -0.4 is 15.0 Å². The Morgan fingerprint density at radius 2 is 1.94 bits per heavy atom. The minimum atomic E-state index is -0.0878. The van der Waals surface area contributed by atoms with E-state index in [2.05, 4.69) is 29.4 Å². The summed E-state index contributed by atoms with van der Waals surface area (Å²) in [4.78, 5) is 29.1. The minimum absolute atomic E-state index is 0.0878. The van der Waals surface area contributed by atoms with Crippen LogP contribution in [-0.2, 0) is 4.79 Å². The third kappa shape index (κ3) is 4.74. The summed E-state index contributed by atoms with van der Waals surface area (Å²) in [6.07, 6.45) is 3.65. The van der Waals surface area contributed by atoms with Crippen LogP contribution in [0.1, 0.15) is 47.6 Å². The summed E-state index contributed by atoms with van der Waals surface area (Å²) in [7, 11) is 3.83. The molecule has 2 heterocycles. The molecular formula is C25H31N3O3. The zero-order valence-corrected chi connectivity index (χ0v) is 18.3. The maximum Gasteiger partial charge on any atom is 0.251 e. The van der Waals surface area contributed by atoms with E-state index >= 15 is 0 Å². The minimum Gasteiger partial charge on any atom is -0.497 e. The molecule has 6 heteroatoms. The van der Waals surface area contributed by atoms with Crippen molar-refractivity contribution < 1.29 is 14.3 Å². The van der Waals surface area contributed by atoms with Crippen molar-refractivity contribution in [2.75, 3.05) is 38.7 Å². The lowest BCUT2D eigenvalue weighted by Crippen LogP contribution is -2.41. The predicted molar refractivity (Wildman–Crippen MR) is 121 cm³/mol. The van der Waals surface area contributed by atoms with Crippen molar-refractivity contribution >= 4 is 17.5 Å². The quantitative estimate of drug-likeness (QED) is 0.774. The van der Waals surface area contributed by atoms with Gasteiger partial charge in [0.1, 0.15) is 5.75 Å². The van der Waals surface area contributed by atoms with Gasteiger partial charge in [-0.1, -0.05) is 18.2 Å². The Bertz CT molecular complexity index is 928. The number of hydrogen-bond donors (Lipinski definition) is 1. The fraction of sp³-hybridized carbons (Fsp3) is 0.440. The molecule has 0 aromatic heterocycles. The van der Waals surface area contributed by atoms with Crippen LogP contribution in [0.15, 0.2) is 48.5 Å². The van der Waals surface area contributed by atoms with Crippen molar-refractivity contribution in [2.24, 2.45) is 5.92 Å². The molecule has 0 radical (unpaired) electrons. The summed E-state index contributed by atoms with van der Waals surface area (Å²) >= 11 is 0. The summed E-state index contributed by atoms with van der Waals surface area (Å²) in [5, 5.41) is 3.15. The first-order valence-electron chi connectivity index (χ1n) is 11.1. The molecule has 4 rings (SSSR count). The summed E-state index contributed by atoms with van der Waals surface area (Å²) in [6, 6.07) is 15.9. The van der Waals surface area contributed by atoms with Gasteiger partial charge in [0.15, 0.2) is 0 Å². The monoisotopic (exact) mass is 421 g/mol. The van der Waals surface area contributed by atoms with Gasteiger partial charge in [-0.15, -0.1) is 0 Å². The molecule has 0 aliphatic carbocycles. The lowest BCUT2D eigenvalue weighted by Gasteiger charge is -2.39. The van der Waals surface area contributed by atoms with Crippen LogP contribution >= 0.6 is 0 Å². The molecule has 2 fully saturated rings. The zero-order valence-electron chi connectivity index (χ0n) is 18.3. The highest BCUT2D eigenvalue weighted by Crippen LogP contribution is 2.35. The molecular weight excluding hydrogens is 390 g/mol. The molecule has 0 bridgehead atoms. The van der Waals surface area contributed by atoms with Crippen LogP contribution in [0.4, 0.5) is 5.69 Å². The largest absolute Gasteiger partial charge is 0.497 e. The van der Waals surface area contributed by atoms with Crippen molar-refractivity contribution in [1.29, 1.82) is 0 Å². The van der Waals surface area contributed by atoms with Crippen molar-refractivity contribution in [1.82, 2.24) is 10.2 Å². The SMILES string of the molecule is COc1ccc(C2C(CNC(=O)c3cccc(N4CCCC4=O)c3)CCCN2C)cc1. The number of anilines is 1. The van der Waals surface area contributed by atoms with E-state index in [1.54, 1.807) is 12.0 Å². The van der Waals surface area contributed by atoms with Gasteiger partial charge < -0.3 is 15.0 Å². The third-order valence-corrected chi connectivity index (χ3v) is 6.48. The van der Waals surface area contributed by atoms with Crippen molar-refractivity contribution in [3.8, 4) is 5.75 Å². The topological polar surface area (TPSA) is 61.9 Å². The van der Waals surface area contributed by atoms with E-state index in [0.717, 1.165) is 43.8 Å². The molecule has 6 nitrogen and oxygen atoms in total. The number of ether oxygens (including phenoxy) is 1. The lowest BCUT2D eigenvalue weighted by atomic mass is 9.85. The number of amides is 2. The number of hydrogen-bond acceptors (Lipinski definition) is 4. The highest BCUT2D eigenvalue weighted by Gasteiger charge is 2.31.